The fourth-order valence-electron chi connectivity index (χ4n) is 2.03. The number of ether oxygens (including phenoxy) is 1. The predicted octanol–water partition coefficient (Wildman–Crippen LogP) is 3.74. The lowest BCUT2D eigenvalue weighted by atomic mass is 9.99. The van der Waals surface area contributed by atoms with Crippen molar-refractivity contribution in [3.8, 4) is 16.9 Å². The molecule has 0 radical (unpaired) electrons. The van der Waals surface area contributed by atoms with Gasteiger partial charge in [-0.05, 0) is 36.4 Å². The van der Waals surface area contributed by atoms with E-state index in [-0.39, 0.29) is 0 Å². The highest BCUT2D eigenvalue weighted by atomic mass is 35.5. The maximum Gasteiger partial charge on any atom is 0.126 e. The van der Waals surface area contributed by atoms with Crippen LogP contribution in [0.4, 0.5) is 0 Å². The van der Waals surface area contributed by atoms with Crippen LogP contribution in [0.15, 0.2) is 42.5 Å². The van der Waals surface area contributed by atoms with Crippen LogP contribution in [0, 0.1) is 0 Å². The van der Waals surface area contributed by atoms with Gasteiger partial charge in [0.1, 0.15) is 5.75 Å². The van der Waals surface area contributed by atoms with Crippen LogP contribution in [0.5, 0.6) is 5.75 Å². The van der Waals surface area contributed by atoms with Crippen LogP contribution in [-0.4, -0.2) is 14.2 Å². The number of rotatable bonds is 4. The summed E-state index contributed by atoms with van der Waals surface area (Å²) in [6.07, 6.45) is 0. The zero-order chi connectivity index (χ0) is 13.0. The molecule has 2 aromatic rings. The molecule has 0 aliphatic heterocycles. The number of benzene rings is 2. The Hall–Kier alpha value is -1.51. The summed E-state index contributed by atoms with van der Waals surface area (Å²) < 4.78 is 5.41. The Balaban J connectivity index is 2.55. The molecule has 0 aliphatic carbocycles. The summed E-state index contributed by atoms with van der Waals surface area (Å²) in [6.45, 7) is 0.772. The summed E-state index contributed by atoms with van der Waals surface area (Å²) in [5.41, 5.74) is 3.39. The van der Waals surface area contributed by atoms with Crippen molar-refractivity contribution in [3.63, 3.8) is 0 Å². The molecule has 0 atom stereocenters. The highest BCUT2D eigenvalue weighted by Gasteiger charge is 2.09. The van der Waals surface area contributed by atoms with Crippen molar-refractivity contribution in [2.24, 2.45) is 0 Å². The van der Waals surface area contributed by atoms with E-state index in [1.54, 1.807) is 7.11 Å². The molecular weight excluding hydrogens is 246 g/mol. The monoisotopic (exact) mass is 261 g/mol. The van der Waals surface area contributed by atoms with E-state index in [0.29, 0.717) is 0 Å². The average molecular weight is 262 g/mol. The van der Waals surface area contributed by atoms with Crippen LogP contribution < -0.4 is 10.1 Å². The van der Waals surface area contributed by atoms with E-state index in [1.807, 2.05) is 43.4 Å². The third-order valence-electron chi connectivity index (χ3n) is 2.83. The Labute approximate surface area is 113 Å². The third kappa shape index (κ3) is 2.66. The second-order valence-corrected chi connectivity index (χ2v) is 4.47. The summed E-state index contributed by atoms with van der Waals surface area (Å²) in [5, 5.41) is 3.91. The summed E-state index contributed by atoms with van der Waals surface area (Å²) >= 11 is 6.05. The van der Waals surface area contributed by atoms with E-state index >= 15 is 0 Å². The SMILES string of the molecule is CNCc1cc(Cl)ccc1-c1ccccc1OC. The van der Waals surface area contributed by atoms with E-state index in [2.05, 4.69) is 11.4 Å². The molecule has 0 saturated carbocycles. The zero-order valence-corrected chi connectivity index (χ0v) is 11.3. The number of hydrogen-bond acceptors (Lipinski definition) is 2. The largest absolute Gasteiger partial charge is 0.496 e. The Bertz CT molecular complexity index is 540. The van der Waals surface area contributed by atoms with Gasteiger partial charge in [-0.2, -0.15) is 0 Å². The van der Waals surface area contributed by atoms with Gasteiger partial charge in [0.2, 0.25) is 0 Å². The normalized spacial score (nSPS) is 10.4. The number of methoxy groups -OCH3 is 1. The molecule has 2 rings (SSSR count). The number of para-hydroxylation sites is 1. The second-order valence-electron chi connectivity index (χ2n) is 4.03. The van der Waals surface area contributed by atoms with Crippen molar-refractivity contribution < 1.29 is 4.74 Å². The predicted molar refractivity (Wildman–Crippen MR) is 76.2 cm³/mol. The van der Waals surface area contributed by atoms with E-state index < -0.39 is 0 Å². The molecule has 1 N–H and O–H groups in total. The van der Waals surface area contributed by atoms with Gasteiger partial charge in [0.25, 0.3) is 0 Å². The lowest BCUT2D eigenvalue weighted by molar-refractivity contribution is 0.416. The van der Waals surface area contributed by atoms with Gasteiger partial charge in [-0.1, -0.05) is 35.9 Å². The van der Waals surface area contributed by atoms with Gasteiger partial charge in [-0.25, -0.2) is 0 Å². The van der Waals surface area contributed by atoms with Crippen molar-refractivity contribution in [3.05, 3.63) is 53.1 Å². The van der Waals surface area contributed by atoms with Gasteiger partial charge in [0, 0.05) is 17.1 Å². The standard InChI is InChI=1S/C15H16ClNO/c1-17-10-11-9-12(16)7-8-13(11)14-5-3-4-6-15(14)18-2/h3-9,17H,10H2,1-2H3. The van der Waals surface area contributed by atoms with Crippen LogP contribution in [0.25, 0.3) is 11.1 Å². The summed E-state index contributed by atoms with van der Waals surface area (Å²) in [6, 6.07) is 13.9. The van der Waals surface area contributed by atoms with Crippen LogP contribution in [0.1, 0.15) is 5.56 Å². The highest BCUT2D eigenvalue weighted by Crippen LogP contribution is 2.33. The minimum Gasteiger partial charge on any atom is -0.496 e. The lowest BCUT2D eigenvalue weighted by Gasteiger charge is -2.13. The maximum absolute atomic E-state index is 6.05. The molecule has 0 saturated heterocycles. The van der Waals surface area contributed by atoms with Crippen molar-refractivity contribution in [1.29, 1.82) is 0 Å². The van der Waals surface area contributed by atoms with Crippen LogP contribution >= 0.6 is 11.6 Å². The molecule has 0 fully saturated rings. The number of nitrogens with one attached hydrogen (secondary N) is 1. The summed E-state index contributed by atoms with van der Waals surface area (Å²) in [5.74, 6) is 0.872. The molecule has 0 spiro atoms. The molecule has 0 amide bonds. The number of halogens is 1. The van der Waals surface area contributed by atoms with Gasteiger partial charge >= 0.3 is 0 Å². The van der Waals surface area contributed by atoms with Gasteiger partial charge in [-0.3, -0.25) is 0 Å². The summed E-state index contributed by atoms with van der Waals surface area (Å²) in [4.78, 5) is 0. The highest BCUT2D eigenvalue weighted by molar-refractivity contribution is 6.30. The van der Waals surface area contributed by atoms with Crippen LogP contribution in [0.2, 0.25) is 5.02 Å². The van der Waals surface area contributed by atoms with Gasteiger partial charge in [-0.15, -0.1) is 0 Å². The Morgan fingerprint density at radius 2 is 1.89 bits per heavy atom. The molecule has 3 heteroatoms. The molecule has 0 unspecified atom stereocenters. The molecule has 0 heterocycles. The molecule has 0 bridgehead atoms. The molecule has 18 heavy (non-hydrogen) atoms. The molecule has 2 nitrogen and oxygen atoms in total. The lowest BCUT2D eigenvalue weighted by Crippen LogP contribution is -2.06. The number of hydrogen-bond donors (Lipinski definition) is 1. The second kappa shape index (κ2) is 5.89. The Kier molecular flexibility index (Phi) is 4.24. The van der Waals surface area contributed by atoms with Crippen molar-refractivity contribution in [2.75, 3.05) is 14.2 Å². The van der Waals surface area contributed by atoms with Gasteiger partial charge < -0.3 is 10.1 Å². The van der Waals surface area contributed by atoms with E-state index in [4.69, 9.17) is 16.3 Å². The smallest absolute Gasteiger partial charge is 0.126 e. The van der Waals surface area contributed by atoms with Crippen molar-refractivity contribution >= 4 is 11.6 Å². The quantitative estimate of drug-likeness (QED) is 0.905. The van der Waals surface area contributed by atoms with E-state index in [9.17, 15) is 0 Å². The Morgan fingerprint density at radius 1 is 1.11 bits per heavy atom. The first-order valence-electron chi connectivity index (χ1n) is 5.82. The van der Waals surface area contributed by atoms with Gasteiger partial charge in [0.15, 0.2) is 0 Å². The summed E-state index contributed by atoms with van der Waals surface area (Å²) in [7, 11) is 3.61. The van der Waals surface area contributed by atoms with Gasteiger partial charge in [0.05, 0.1) is 7.11 Å². The van der Waals surface area contributed by atoms with Crippen molar-refractivity contribution in [1.82, 2.24) is 5.32 Å². The molecule has 0 aliphatic rings. The fraction of sp³-hybridized carbons (Fsp3) is 0.200. The minimum atomic E-state index is 0.749. The molecule has 94 valence electrons. The zero-order valence-electron chi connectivity index (χ0n) is 10.5. The molecular formula is C15H16ClNO. The van der Waals surface area contributed by atoms with Crippen LogP contribution in [0.3, 0.4) is 0 Å². The Morgan fingerprint density at radius 3 is 2.61 bits per heavy atom. The van der Waals surface area contributed by atoms with Crippen LogP contribution in [-0.2, 0) is 6.54 Å². The van der Waals surface area contributed by atoms with Crippen molar-refractivity contribution in [2.45, 2.75) is 6.54 Å². The first kappa shape index (κ1) is 12.9. The first-order valence-corrected chi connectivity index (χ1v) is 6.20. The van der Waals surface area contributed by atoms with E-state index in [0.717, 1.165) is 34.0 Å². The minimum absolute atomic E-state index is 0.749. The third-order valence-corrected chi connectivity index (χ3v) is 3.07. The molecule has 0 aromatic heterocycles. The first-order chi connectivity index (χ1) is 8.76. The van der Waals surface area contributed by atoms with E-state index in [1.165, 1.54) is 0 Å². The fourth-order valence-corrected chi connectivity index (χ4v) is 2.22. The molecule has 2 aromatic carbocycles. The maximum atomic E-state index is 6.05. The average Bonchev–Trinajstić information content (AvgIpc) is 2.39. The topological polar surface area (TPSA) is 21.3 Å².